The Morgan fingerprint density at radius 2 is 2.12 bits per heavy atom. The molecule has 1 atom stereocenters. The lowest BCUT2D eigenvalue weighted by Gasteiger charge is -2.19. The maximum atomic E-state index is 12.4. The zero-order valence-corrected chi connectivity index (χ0v) is 15.6. The number of benzene rings is 1. The predicted molar refractivity (Wildman–Crippen MR) is 99.7 cm³/mol. The molecule has 1 aliphatic heterocycles. The van der Waals surface area contributed by atoms with Gasteiger partial charge in [0.25, 0.3) is 5.91 Å². The van der Waals surface area contributed by atoms with Gasteiger partial charge < -0.3 is 10.2 Å². The number of nitriles is 1. The van der Waals surface area contributed by atoms with Crippen molar-refractivity contribution in [1.82, 2.24) is 15.2 Å². The fraction of sp³-hybridized carbons (Fsp3) is 0.368. The Bertz CT molecular complexity index is 864. The Kier molecular flexibility index (Phi) is 5.33. The second-order valence-electron chi connectivity index (χ2n) is 6.35. The van der Waals surface area contributed by atoms with Crippen LogP contribution in [0.1, 0.15) is 33.6 Å². The molecule has 0 radical (unpaired) electrons. The lowest BCUT2D eigenvalue weighted by molar-refractivity contribution is -0.130. The van der Waals surface area contributed by atoms with Gasteiger partial charge in [0.15, 0.2) is 0 Å². The zero-order valence-electron chi connectivity index (χ0n) is 14.8. The molecule has 134 valence electrons. The van der Waals surface area contributed by atoms with Gasteiger partial charge in [0.05, 0.1) is 18.8 Å². The number of amides is 2. The van der Waals surface area contributed by atoms with E-state index in [1.165, 1.54) is 16.2 Å². The van der Waals surface area contributed by atoms with E-state index in [0.29, 0.717) is 17.8 Å². The number of nitrogens with zero attached hydrogens (tertiary/aromatic N) is 3. The summed E-state index contributed by atoms with van der Waals surface area (Å²) in [6.45, 7) is 4.51. The number of carbonyl (C=O) groups is 2. The first-order valence-corrected chi connectivity index (χ1v) is 9.32. The highest BCUT2D eigenvalue weighted by Gasteiger charge is 2.28. The topological polar surface area (TPSA) is 86.1 Å². The van der Waals surface area contributed by atoms with Gasteiger partial charge in [-0.05, 0) is 37.8 Å². The molecule has 26 heavy (non-hydrogen) atoms. The molecule has 2 amide bonds. The van der Waals surface area contributed by atoms with Gasteiger partial charge in [-0.1, -0.05) is 18.2 Å². The fourth-order valence-corrected chi connectivity index (χ4v) is 4.20. The van der Waals surface area contributed by atoms with Crippen molar-refractivity contribution in [2.24, 2.45) is 0 Å². The van der Waals surface area contributed by atoms with Crippen molar-refractivity contribution in [1.29, 1.82) is 5.26 Å². The van der Waals surface area contributed by atoms with E-state index < -0.39 is 0 Å². The molecule has 6 nitrogen and oxygen atoms in total. The summed E-state index contributed by atoms with van der Waals surface area (Å²) in [5.74, 6) is -0.539. The van der Waals surface area contributed by atoms with Crippen LogP contribution in [0.2, 0.25) is 0 Å². The van der Waals surface area contributed by atoms with E-state index in [1.54, 1.807) is 6.20 Å². The minimum atomic E-state index is -0.376. The van der Waals surface area contributed by atoms with Crippen LogP contribution in [0.25, 0.3) is 10.6 Å². The molecule has 1 N–H and O–H groups in total. The van der Waals surface area contributed by atoms with Crippen molar-refractivity contribution in [3.8, 4) is 16.6 Å². The first kappa shape index (κ1) is 18.1. The van der Waals surface area contributed by atoms with Gasteiger partial charge >= 0.3 is 0 Å². The molecule has 1 aliphatic rings. The van der Waals surface area contributed by atoms with Crippen molar-refractivity contribution in [3.05, 3.63) is 40.4 Å². The van der Waals surface area contributed by atoms with Gasteiger partial charge in [0, 0.05) is 12.1 Å². The van der Waals surface area contributed by atoms with Gasteiger partial charge in [-0.2, -0.15) is 5.26 Å². The molecule has 7 heteroatoms. The smallest absolute Gasteiger partial charge is 0.263 e. The summed E-state index contributed by atoms with van der Waals surface area (Å²) in [6.07, 6.45) is 3.07. The number of hydrogen-bond acceptors (Lipinski definition) is 5. The van der Waals surface area contributed by atoms with Crippen molar-refractivity contribution in [3.63, 3.8) is 0 Å². The van der Waals surface area contributed by atoms with Gasteiger partial charge in [0.1, 0.15) is 15.9 Å². The number of thiazole rings is 1. The molecule has 0 aliphatic carbocycles. The van der Waals surface area contributed by atoms with Crippen LogP contribution in [0.4, 0.5) is 0 Å². The largest absolute Gasteiger partial charge is 0.342 e. The molecular formula is C19H20N4O2S. The van der Waals surface area contributed by atoms with E-state index in [-0.39, 0.29) is 24.4 Å². The van der Waals surface area contributed by atoms with Crippen LogP contribution in [0, 0.1) is 25.2 Å². The summed E-state index contributed by atoms with van der Waals surface area (Å²) < 4.78 is 0. The van der Waals surface area contributed by atoms with Crippen molar-refractivity contribution >= 4 is 23.2 Å². The molecule has 0 saturated carbocycles. The standard InChI is InChI=1S/C19H20N4O2S/c1-12-5-3-6-13(2)17(12)19-22-10-15(26-19)18(25)21-11-16(24)23-8-4-7-14(23)9-20/h3,5-6,10,14H,4,7-8,11H2,1-2H3,(H,21,25)/t14-/m0/s1. The Balaban J connectivity index is 1.66. The highest BCUT2D eigenvalue weighted by atomic mass is 32.1. The first-order chi connectivity index (χ1) is 12.5. The summed E-state index contributed by atoms with van der Waals surface area (Å²) in [5, 5.41) is 12.5. The number of nitrogens with one attached hydrogen (secondary N) is 1. The van der Waals surface area contributed by atoms with Crippen LogP contribution >= 0.6 is 11.3 Å². The summed E-state index contributed by atoms with van der Waals surface area (Å²) in [7, 11) is 0. The van der Waals surface area contributed by atoms with E-state index >= 15 is 0 Å². The second kappa shape index (κ2) is 7.67. The molecule has 1 aromatic heterocycles. The summed E-state index contributed by atoms with van der Waals surface area (Å²) in [5.41, 5.74) is 3.26. The lowest BCUT2D eigenvalue weighted by atomic mass is 10.0. The minimum Gasteiger partial charge on any atom is -0.342 e. The van der Waals surface area contributed by atoms with Gasteiger partial charge in [-0.15, -0.1) is 11.3 Å². The molecule has 3 rings (SSSR count). The van der Waals surface area contributed by atoms with Crippen LogP contribution in [-0.2, 0) is 4.79 Å². The van der Waals surface area contributed by atoms with Crippen LogP contribution in [0.5, 0.6) is 0 Å². The third kappa shape index (κ3) is 3.60. The number of carbonyl (C=O) groups excluding carboxylic acids is 2. The molecule has 2 heterocycles. The monoisotopic (exact) mass is 368 g/mol. The number of aromatic nitrogens is 1. The molecular weight excluding hydrogens is 348 g/mol. The van der Waals surface area contributed by atoms with Gasteiger partial charge in [-0.3, -0.25) is 9.59 Å². The average molecular weight is 368 g/mol. The molecule has 0 spiro atoms. The molecule has 0 unspecified atom stereocenters. The number of rotatable bonds is 4. The van der Waals surface area contributed by atoms with Gasteiger partial charge in [0.2, 0.25) is 5.91 Å². The predicted octanol–water partition coefficient (Wildman–Crippen LogP) is 2.67. The molecule has 2 aromatic rings. The van der Waals surface area contributed by atoms with Gasteiger partial charge in [-0.25, -0.2) is 4.98 Å². The number of hydrogen-bond donors (Lipinski definition) is 1. The van der Waals surface area contributed by atoms with Crippen molar-refractivity contribution in [2.45, 2.75) is 32.7 Å². The summed E-state index contributed by atoms with van der Waals surface area (Å²) >= 11 is 1.31. The zero-order chi connectivity index (χ0) is 18.7. The lowest BCUT2D eigenvalue weighted by Crippen LogP contribution is -2.42. The van der Waals surface area contributed by atoms with E-state index in [1.807, 2.05) is 32.0 Å². The second-order valence-corrected chi connectivity index (χ2v) is 7.38. The fourth-order valence-electron chi connectivity index (χ4n) is 3.19. The highest BCUT2D eigenvalue weighted by molar-refractivity contribution is 7.17. The minimum absolute atomic E-state index is 0.104. The Morgan fingerprint density at radius 1 is 1.38 bits per heavy atom. The molecule has 0 bridgehead atoms. The third-order valence-corrected chi connectivity index (χ3v) is 5.56. The van der Waals surface area contributed by atoms with Crippen LogP contribution in [-0.4, -0.2) is 40.8 Å². The third-order valence-electron chi connectivity index (χ3n) is 4.55. The maximum Gasteiger partial charge on any atom is 0.263 e. The Morgan fingerprint density at radius 3 is 2.81 bits per heavy atom. The van der Waals surface area contributed by atoms with Crippen molar-refractivity contribution in [2.75, 3.05) is 13.1 Å². The average Bonchev–Trinajstić information content (AvgIpc) is 3.28. The molecule has 1 aromatic carbocycles. The number of likely N-dealkylation sites (tertiary alicyclic amines) is 1. The maximum absolute atomic E-state index is 12.4. The highest BCUT2D eigenvalue weighted by Crippen LogP contribution is 2.30. The van der Waals surface area contributed by atoms with E-state index in [0.717, 1.165) is 28.1 Å². The van der Waals surface area contributed by atoms with Crippen molar-refractivity contribution < 1.29 is 9.59 Å². The first-order valence-electron chi connectivity index (χ1n) is 8.51. The summed E-state index contributed by atoms with van der Waals surface area (Å²) in [6, 6.07) is 7.78. The molecule has 1 fully saturated rings. The SMILES string of the molecule is Cc1cccc(C)c1-c1ncc(C(=O)NCC(=O)N2CCC[C@H]2C#N)s1. The van der Waals surface area contributed by atoms with Crippen LogP contribution < -0.4 is 5.32 Å². The van der Waals surface area contributed by atoms with E-state index in [9.17, 15) is 9.59 Å². The normalized spacial score (nSPS) is 16.3. The summed E-state index contributed by atoms with van der Waals surface area (Å²) in [4.78, 5) is 30.9. The quantitative estimate of drug-likeness (QED) is 0.899. The van der Waals surface area contributed by atoms with Crippen LogP contribution in [0.3, 0.4) is 0 Å². The van der Waals surface area contributed by atoms with E-state index in [2.05, 4.69) is 16.4 Å². The van der Waals surface area contributed by atoms with E-state index in [4.69, 9.17) is 5.26 Å². The number of aryl methyl sites for hydroxylation is 2. The Hall–Kier alpha value is -2.72. The Labute approximate surface area is 156 Å². The molecule has 1 saturated heterocycles. The van der Waals surface area contributed by atoms with Crippen LogP contribution in [0.15, 0.2) is 24.4 Å².